The predicted molar refractivity (Wildman–Crippen MR) is 127 cm³/mol. The quantitative estimate of drug-likeness (QED) is 0.327. The summed E-state index contributed by atoms with van der Waals surface area (Å²) in [5.74, 6) is 1.64. The lowest BCUT2D eigenvalue weighted by molar-refractivity contribution is -0.121. The lowest BCUT2D eigenvalue weighted by Gasteiger charge is -2.34. The molecule has 6 nitrogen and oxygen atoms in total. The van der Waals surface area contributed by atoms with Gasteiger partial charge in [0.05, 0.1) is 6.54 Å². The summed E-state index contributed by atoms with van der Waals surface area (Å²) in [7, 11) is 3.85. The number of likely N-dealkylation sites (N-methyl/N-ethyl adjacent to an activating group) is 1. The Morgan fingerprint density at radius 1 is 1.25 bits per heavy atom. The summed E-state index contributed by atoms with van der Waals surface area (Å²) in [5.41, 5.74) is 1.33. The maximum absolute atomic E-state index is 11.6. The first-order valence-electron chi connectivity index (χ1n) is 10.1. The molecule has 1 aliphatic heterocycles. The number of amides is 1. The van der Waals surface area contributed by atoms with Gasteiger partial charge in [-0.3, -0.25) is 9.79 Å². The molecule has 0 bridgehead atoms. The van der Waals surface area contributed by atoms with Crippen LogP contribution in [0.2, 0.25) is 0 Å². The molecule has 0 aliphatic carbocycles. The summed E-state index contributed by atoms with van der Waals surface area (Å²) in [5, 5.41) is 6.15. The number of hydrogen-bond donors (Lipinski definition) is 2. The maximum atomic E-state index is 11.6. The third-order valence-corrected chi connectivity index (χ3v) is 5.04. The molecule has 0 spiro atoms. The van der Waals surface area contributed by atoms with Gasteiger partial charge >= 0.3 is 0 Å². The SMILES string of the molecule is CCNC(=NCCN(C)Cc1ccccc1)N1CCC(CC(=O)NC)CC1.I. The van der Waals surface area contributed by atoms with E-state index < -0.39 is 0 Å². The van der Waals surface area contributed by atoms with E-state index in [0.29, 0.717) is 12.3 Å². The smallest absolute Gasteiger partial charge is 0.220 e. The molecule has 158 valence electrons. The summed E-state index contributed by atoms with van der Waals surface area (Å²) < 4.78 is 0. The molecule has 1 heterocycles. The highest BCUT2D eigenvalue weighted by molar-refractivity contribution is 14.0. The number of carbonyl (C=O) groups excluding carboxylic acids is 1. The van der Waals surface area contributed by atoms with Crippen LogP contribution in [0.3, 0.4) is 0 Å². The van der Waals surface area contributed by atoms with Gasteiger partial charge in [0, 0.05) is 46.2 Å². The zero-order valence-corrected chi connectivity index (χ0v) is 19.8. The van der Waals surface area contributed by atoms with E-state index in [1.807, 2.05) is 6.07 Å². The number of likely N-dealkylation sites (tertiary alicyclic amines) is 1. The van der Waals surface area contributed by atoms with Crippen LogP contribution in [-0.2, 0) is 11.3 Å². The van der Waals surface area contributed by atoms with E-state index in [-0.39, 0.29) is 29.9 Å². The van der Waals surface area contributed by atoms with Crippen LogP contribution >= 0.6 is 24.0 Å². The van der Waals surface area contributed by atoms with Gasteiger partial charge in [-0.05, 0) is 38.3 Å². The monoisotopic (exact) mass is 501 g/mol. The van der Waals surface area contributed by atoms with E-state index in [9.17, 15) is 4.79 Å². The van der Waals surface area contributed by atoms with Gasteiger partial charge in [0.25, 0.3) is 0 Å². The second-order valence-corrected chi connectivity index (χ2v) is 7.27. The fraction of sp³-hybridized carbons (Fsp3) is 0.619. The molecule has 1 aromatic rings. The van der Waals surface area contributed by atoms with Crippen molar-refractivity contribution in [3.63, 3.8) is 0 Å². The third-order valence-electron chi connectivity index (χ3n) is 5.04. The Balaban J connectivity index is 0.00000392. The van der Waals surface area contributed by atoms with Crippen LogP contribution in [0.25, 0.3) is 0 Å². The largest absolute Gasteiger partial charge is 0.359 e. The van der Waals surface area contributed by atoms with E-state index in [1.54, 1.807) is 7.05 Å². The number of aliphatic imine (C=N–C) groups is 1. The molecule has 1 fully saturated rings. The van der Waals surface area contributed by atoms with E-state index in [0.717, 1.165) is 58.1 Å². The first-order chi connectivity index (χ1) is 13.1. The number of carbonyl (C=O) groups is 1. The number of nitrogens with zero attached hydrogens (tertiary/aromatic N) is 3. The fourth-order valence-electron chi connectivity index (χ4n) is 3.44. The molecule has 1 aromatic carbocycles. The van der Waals surface area contributed by atoms with Crippen LogP contribution < -0.4 is 10.6 Å². The Bertz CT molecular complexity index is 588. The lowest BCUT2D eigenvalue weighted by atomic mass is 9.93. The highest BCUT2D eigenvalue weighted by Crippen LogP contribution is 2.20. The highest BCUT2D eigenvalue weighted by Gasteiger charge is 2.23. The van der Waals surface area contributed by atoms with Gasteiger partial charge in [0.1, 0.15) is 0 Å². The number of nitrogens with one attached hydrogen (secondary N) is 2. The second kappa shape index (κ2) is 13.8. The van der Waals surface area contributed by atoms with Gasteiger partial charge in [-0.25, -0.2) is 0 Å². The van der Waals surface area contributed by atoms with E-state index in [2.05, 4.69) is 58.7 Å². The first-order valence-corrected chi connectivity index (χ1v) is 10.1. The van der Waals surface area contributed by atoms with Crippen LogP contribution in [0.5, 0.6) is 0 Å². The molecular formula is C21H36IN5O. The number of guanidine groups is 1. The zero-order chi connectivity index (χ0) is 19.5. The average Bonchev–Trinajstić information content (AvgIpc) is 2.68. The molecular weight excluding hydrogens is 465 g/mol. The third kappa shape index (κ3) is 8.77. The van der Waals surface area contributed by atoms with Crippen molar-refractivity contribution in [3.05, 3.63) is 35.9 Å². The van der Waals surface area contributed by atoms with Gasteiger partial charge in [0.15, 0.2) is 5.96 Å². The van der Waals surface area contributed by atoms with Crippen LogP contribution in [0.1, 0.15) is 31.7 Å². The minimum absolute atomic E-state index is 0. The summed E-state index contributed by atoms with van der Waals surface area (Å²) in [6, 6.07) is 10.5. The van der Waals surface area contributed by atoms with Crippen LogP contribution in [0.15, 0.2) is 35.3 Å². The topological polar surface area (TPSA) is 60.0 Å². The fourth-order valence-corrected chi connectivity index (χ4v) is 3.44. The molecule has 0 atom stereocenters. The molecule has 0 radical (unpaired) electrons. The summed E-state index contributed by atoms with van der Waals surface area (Å²) >= 11 is 0. The molecule has 2 rings (SSSR count). The van der Waals surface area contributed by atoms with Crippen molar-refractivity contribution in [2.24, 2.45) is 10.9 Å². The summed E-state index contributed by atoms with van der Waals surface area (Å²) in [6.45, 7) is 7.56. The number of halogens is 1. The second-order valence-electron chi connectivity index (χ2n) is 7.27. The molecule has 0 unspecified atom stereocenters. The Labute approximate surface area is 187 Å². The number of hydrogen-bond acceptors (Lipinski definition) is 3. The maximum Gasteiger partial charge on any atom is 0.220 e. The molecule has 1 amide bonds. The lowest BCUT2D eigenvalue weighted by Crippen LogP contribution is -2.46. The van der Waals surface area contributed by atoms with E-state index in [4.69, 9.17) is 4.99 Å². The molecule has 1 saturated heterocycles. The number of benzene rings is 1. The minimum Gasteiger partial charge on any atom is -0.359 e. The van der Waals surface area contributed by atoms with Gasteiger partial charge in [-0.15, -0.1) is 24.0 Å². The molecule has 0 aromatic heterocycles. The summed E-state index contributed by atoms with van der Waals surface area (Å²) in [4.78, 5) is 21.0. The van der Waals surface area contributed by atoms with Crippen molar-refractivity contribution in [3.8, 4) is 0 Å². The van der Waals surface area contributed by atoms with Gasteiger partial charge in [0.2, 0.25) is 5.91 Å². The van der Waals surface area contributed by atoms with Crippen molar-refractivity contribution >= 4 is 35.8 Å². The standard InChI is InChI=1S/C21H35N5O.HI/c1-4-23-21(26-13-10-18(11-14-26)16-20(27)22-2)24-12-15-25(3)17-19-8-6-5-7-9-19;/h5-9,18H,4,10-17H2,1-3H3,(H,22,27)(H,23,24);1H. The molecule has 2 N–H and O–H groups in total. The molecule has 28 heavy (non-hydrogen) atoms. The predicted octanol–water partition coefficient (Wildman–Crippen LogP) is 2.55. The van der Waals surface area contributed by atoms with Crippen LogP contribution in [0, 0.1) is 5.92 Å². The summed E-state index contributed by atoms with van der Waals surface area (Å²) in [6.07, 6.45) is 2.74. The molecule has 1 aliphatic rings. The van der Waals surface area contributed by atoms with Crippen molar-refractivity contribution in [2.75, 3.05) is 46.8 Å². The zero-order valence-electron chi connectivity index (χ0n) is 17.5. The minimum atomic E-state index is 0. The Morgan fingerprint density at radius 3 is 2.54 bits per heavy atom. The number of rotatable bonds is 8. The van der Waals surface area contributed by atoms with Gasteiger partial charge in [-0.1, -0.05) is 30.3 Å². The highest BCUT2D eigenvalue weighted by atomic mass is 127. The average molecular weight is 501 g/mol. The van der Waals surface area contributed by atoms with Crippen molar-refractivity contribution in [1.82, 2.24) is 20.4 Å². The van der Waals surface area contributed by atoms with Crippen molar-refractivity contribution in [1.29, 1.82) is 0 Å². The van der Waals surface area contributed by atoms with Crippen molar-refractivity contribution in [2.45, 2.75) is 32.7 Å². The first kappa shape index (κ1) is 24.7. The van der Waals surface area contributed by atoms with Gasteiger partial charge < -0.3 is 20.4 Å². The molecule has 7 heteroatoms. The van der Waals surface area contributed by atoms with Crippen LogP contribution in [0.4, 0.5) is 0 Å². The Morgan fingerprint density at radius 2 is 1.93 bits per heavy atom. The van der Waals surface area contributed by atoms with E-state index in [1.165, 1.54) is 5.56 Å². The Kier molecular flexibility index (Phi) is 12.1. The van der Waals surface area contributed by atoms with Crippen LogP contribution in [-0.4, -0.2) is 68.5 Å². The molecule has 0 saturated carbocycles. The van der Waals surface area contributed by atoms with Crippen molar-refractivity contribution < 1.29 is 4.79 Å². The normalized spacial score (nSPS) is 15.3. The van der Waals surface area contributed by atoms with Gasteiger partial charge in [-0.2, -0.15) is 0 Å². The Hall–Kier alpha value is -1.35. The van der Waals surface area contributed by atoms with E-state index >= 15 is 0 Å². The number of piperidine rings is 1.